The predicted molar refractivity (Wildman–Crippen MR) is 145 cm³/mol. The van der Waals surface area contributed by atoms with E-state index in [1.807, 2.05) is 66.9 Å². The molecule has 6 rings (SSSR count). The average molecular weight is 495 g/mol. The number of carbonyl (C=O) groups excluding carboxylic acids is 1. The molecule has 1 aromatic heterocycles. The highest BCUT2D eigenvalue weighted by molar-refractivity contribution is 6.04. The van der Waals surface area contributed by atoms with Crippen LogP contribution in [0.25, 0.3) is 22.1 Å². The number of aromatic nitrogens is 1. The van der Waals surface area contributed by atoms with Crippen molar-refractivity contribution in [2.24, 2.45) is 11.8 Å². The van der Waals surface area contributed by atoms with Gasteiger partial charge in [0.25, 0.3) is 0 Å². The van der Waals surface area contributed by atoms with E-state index in [-0.39, 0.29) is 23.5 Å². The minimum Gasteiger partial charge on any atom is -0.507 e. The molecule has 0 unspecified atom stereocenters. The summed E-state index contributed by atoms with van der Waals surface area (Å²) in [6, 6.07) is 21.5. The Labute approximate surface area is 218 Å². The second-order valence-corrected chi connectivity index (χ2v) is 10.8. The van der Waals surface area contributed by atoms with Crippen LogP contribution in [0.5, 0.6) is 5.75 Å². The van der Waals surface area contributed by atoms with Crippen LogP contribution in [0, 0.1) is 11.8 Å². The quantitative estimate of drug-likeness (QED) is 0.271. The molecule has 1 aliphatic carbocycles. The Morgan fingerprint density at radius 2 is 1.73 bits per heavy atom. The molecular weight excluding hydrogens is 460 g/mol. The zero-order chi connectivity index (χ0) is 25.2. The number of carbonyl (C=O) groups is 1. The molecular formula is C32H34N2O3. The summed E-state index contributed by atoms with van der Waals surface area (Å²) < 4.78 is 6.30. The van der Waals surface area contributed by atoms with Gasteiger partial charge in [0, 0.05) is 30.5 Å². The lowest BCUT2D eigenvalue weighted by Crippen LogP contribution is -2.31. The van der Waals surface area contributed by atoms with Gasteiger partial charge in [-0.1, -0.05) is 79.9 Å². The molecule has 0 radical (unpaired) electrons. The van der Waals surface area contributed by atoms with Crippen molar-refractivity contribution >= 4 is 16.6 Å². The molecule has 5 heteroatoms. The highest BCUT2D eigenvalue weighted by atomic mass is 16.4. The third-order valence-electron chi connectivity index (χ3n) is 8.25. The van der Waals surface area contributed by atoms with Gasteiger partial charge in [-0.2, -0.15) is 0 Å². The Kier molecular flexibility index (Phi) is 6.79. The third-order valence-corrected chi connectivity index (χ3v) is 8.25. The lowest BCUT2D eigenvalue weighted by molar-refractivity contribution is 0.0958. The van der Waals surface area contributed by atoms with Crippen LogP contribution in [0.1, 0.15) is 67.2 Å². The molecule has 1 saturated carbocycles. The lowest BCUT2D eigenvalue weighted by Gasteiger charge is -2.29. The summed E-state index contributed by atoms with van der Waals surface area (Å²) in [5.74, 6) is 2.52. The molecule has 2 atom stereocenters. The fraction of sp³-hybridized carbons (Fsp3) is 0.375. The van der Waals surface area contributed by atoms with E-state index in [1.54, 1.807) is 6.07 Å². The molecule has 1 N–H and O–H groups in total. The number of oxazole rings is 1. The van der Waals surface area contributed by atoms with E-state index < -0.39 is 0 Å². The Morgan fingerprint density at radius 3 is 2.57 bits per heavy atom. The predicted octanol–water partition coefficient (Wildman–Crippen LogP) is 7.42. The van der Waals surface area contributed by atoms with Gasteiger partial charge in [0.15, 0.2) is 11.5 Å². The van der Waals surface area contributed by atoms with E-state index in [0.29, 0.717) is 17.9 Å². The maximum atomic E-state index is 13.4. The number of aromatic hydroxyl groups is 1. The minimum atomic E-state index is 0.00361. The van der Waals surface area contributed by atoms with Crippen molar-refractivity contribution < 1.29 is 14.3 Å². The van der Waals surface area contributed by atoms with Gasteiger partial charge in [-0.25, -0.2) is 4.98 Å². The monoisotopic (exact) mass is 494 g/mol. The van der Waals surface area contributed by atoms with Gasteiger partial charge in [0.05, 0.1) is 17.8 Å². The van der Waals surface area contributed by atoms with Crippen LogP contribution in [0.15, 0.2) is 77.3 Å². The SMILES string of the molecule is O=C(C[C@H]1C[C@@H](c2ncc(-c3ccccc3)o2)N(CC2CCCCC2)C1)c1ccc2ccccc2c1O. The number of hydrogen-bond donors (Lipinski definition) is 1. The lowest BCUT2D eigenvalue weighted by atomic mass is 9.89. The van der Waals surface area contributed by atoms with Gasteiger partial charge in [0.1, 0.15) is 5.75 Å². The van der Waals surface area contributed by atoms with Crippen molar-refractivity contribution in [3.8, 4) is 17.1 Å². The molecule has 3 aromatic carbocycles. The Bertz CT molecular complexity index is 1370. The largest absolute Gasteiger partial charge is 0.507 e. The number of phenolic OH excluding ortho intramolecular Hbond substituents is 1. The zero-order valence-corrected chi connectivity index (χ0v) is 21.2. The average Bonchev–Trinajstić information content (AvgIpc) is 3.57. The summed E-state index contributed by atoms with van der Waals surface area (Å²) in [6.45, 7) is 1.88. The number of hydrogen-bond acceptors (Lipinski definition) is 5. The fourth-order valence-corrected chi connectivity index (χ4v) is 6.34. The Balaban J connectivity index is 1.22. The standard InChI is InChI=1S/C32H34N2O3/c35-29(27-16-15-24-11-7-8-14-26(24)31(27)36)18-23-17-28(34(21-23)20-22-9-3-1-4-10-22)32-33-19-30(37-32)25-12-5-2-6-13-25/h2,5-8,11-16,19,22-23,28,36H,1,3-4,9-10,17-18,20-21H2/t23-,28+/m1/s1. The summed E-state index contributed by atoms with van der Waals surface area (Å²) in [4.78, 5) is 20.6. The molecule has 2 aliphatic rings. The first kappa shape index (κ1) is 23.9. The number of rotatable bonds is 7. The highest BCUT2D eigenvalue weighted by Gasteiger charge is 2.38. The van der Waals surface area contributed by atoms with Crippen LogP contribution < -0.4 is 0 Å². The number of phenols is 1. The maximum Gasteiger partial charge on any atom is 0.212 e. The molecule has 0 spiro atoms. The van der Waals surface area contributed by atoms with Crippen molar-refractivity contribution in [3.63, 3.8) is 0 Å². The number of nitrogens with zero attached hydrogens (tertiary/aromatic N) is 2. The van der Waals surface area contributed by atoms with Gasteiger partial charge in [-0.15, -0.1) is 0 Å². The smallest absolute Gasteiger partial charge is 0.212 e. The summed E-state index contributed by atoms with van der Waals surface area (Å²) in [5, 5.41) is 12.5. The number of likely N-dealkylation sites (tertiary alicyclic amines) is 1. The van der Waals surface area contributed by atoms with Crippen LogP contribution in [-0.4, -0.2) is 33.9 Å². The van der Waals surface area contributed by atoms with Crippen molar-refractivity contribution in [3.05, 3.63) is 84.4 Å². The third kappa shape index (κ3) is 5.05. The van der Waals surface area contributed by atoms with E-state index in [2.05, 4.69) is 4.90 Å². The Hall–Kier alpha value is -3.44. The van der Waals surface area contributed by atoms with Crippen LogP contribution in [0.2, 0.25) is 0 Å². The fourth-order valence-electron chi connectivity index (χ4n) is 6.34. The van der Waals surface area contributed by atoms with Crippen molar-refractivity contribution in [2.75, 3.05) is 13.1 Å². The molecule has 37 heavy (non-hydrogen) atoms. The number of fused-ring (bicyclic) bond motifs is 1. The summed E-state index contributed by atoms with van der Waals surface area (Å²) in [7, 11) is 0. The van der Waals surface area contributed by atoms with Gasteiger partial charge in [-0.3, -0.25) is 9.69 Å². The van der Waals surface area contributed by atoms with Crippen LogP contribution in [0.4, 0.5) is 0 Å². The zero-order valence-electron chi connectivity index (χ0n) is 21.2. The number of benzene rings is 3. The second kappa shape index (κ2) is 10.5. The summed E-state index contributed by atoms with van der Waals surface area (Å²) in [5.41, 5.74) is 1.44. The molecule has 190 valence electrons. The second-order valence-electron chi connectivity index (χ2n) is 10.8. The van der Waals surface area contributed by atoms with Crippen molar-refractivity contribution in [2.45, 2.75) is 51.0 Å². The van der Waals surface area contributed by atoms with Crippen LogP contribution in [-0.2, 0) is 0 Å². The van der Waals surface area contributed by atoms with E-state index in [9.17, 15) is 9.90 Å². The summed E-state index contributed by atoms with van der Waals surface area (Å²) in [6.07, 6.45) is 9.59. The van der Waals surface area contributed by atoms with Crippen LogP contribution in [0.3, 0.4) is 0 Å². The molecule has 5 nitrogen and oxygen atoms in total. The molecule has 4 aromatic rings. The highest BCUT2D eigenvalue weighted by Crippen LogP contribution is 2.40. The first-order valence-electron chi connectivity index (χ1n) is 13.6. The van der Waals surface area contributed by atoms with Crippen LogP contribution >= 0.6 is 0 Å². The Morgan fingerprint density at radius 1 is 0.946 bits per heavy atom. The van der Waals surface area contributed by atoms with Gasteiger partial charge in [0.2, 0.25) is 5.89 Å². The molecule has 0 amide bonds. The van der Waals surface area contributed by atoms with Gasteiger partial charge in [-0.05, 0) is 42.6 Å². The molecule has 2 heterocycles. The normalized spacial score (nSPS) is 21.0. The molecule has 0 bridgehead atoms. The summed E-state index contributed by atoms with van der Waals surface area (Å²) >= 11 is 0. The molecule has 2 fully saturated rings. The van der Waals surface area contributed by atoms with Crippen molar-refractivity contribution in [1.82, 2.24) is 9.88 Å². The van der Waals surface area contributed by atoms with Gasteiger partial charge < -0.3 is 9.52 Å². The van der Waals surface area contributed by atoms with Crippen molar-refractivity contribution in [1.29, 1.82) is 0 Å². The first-order valence-corrected chi connectivity index (χ1v) is 13.6. The maximum absolute atomic E-state index is 13.4. The number of Topliss-reactive ketones (excluding diaryl/α,β-unsaturated/α-hetero) is 1. The van der Waals surface area contributed by atoms with E-state index in [4.69, 9.17) is 9.40 Å². The number of ketones is 1. The first-order chi connectivity index (χ1) is 18.2. The van der Waals surface area contributed by atoms with E-state index in [1.165, 1.54) is 32.1 Å². The van der Waals surface area contributed by atoms with E-state index >= 15 is 0 Å². The van der Waals surface area contributed by atoms with Gasteiger partial charge >= 0.3 is 0 Å². The van der Waals surface area contributed by atoms with E-state index in [0.717, 1.165) is 47.5 Å². The molecule has 1 aliphatic heterocycles. The molecule has 1 saturated heterocycles. The minimum absolute atomic E-state index is 0.00361. The topological polar surface area (TPSA) is 66.6 Å².